The summed E-state index contributed by atoms with van der Waals surface area (Å²) >= 11 is 0. The predicted molar refractivity (Wildman–Crippen MR) is 87.6 cm³/mol. The lowest BCUT2D eigenvalue weighted by Crippen LogP contribution is -2.28. The van der Waals surface area contributed by atoms with E-state index in [1.807, 2.05) is 55.5 Å². The molecular weight excluding hydrogens is 274 g/mol. The van der Waals surface area contributed by atoms with E-state index in [4.69, 9.17) is 0 Å². The van der Waals surface area contributed by atoms with Gasteiger partial charge in [-0.05, 0) is 30.9 Å². The molecule has 2 aromatic carbocycles. The summed E-state index contributed by atoms with van der Waals surface area (Å²) in [6.45, 7) is 3.29. The lowest BCUT2D eigenvalue weighted by Gasteiger charge is -2.23. The first kappa shape index (κ1) is 15.1. The van der Waals surface area contributed by atoms with Gasteiger partial charge in [0.2, 0.25) is 0 Å². The van der Waals surface area contributed by atoms with Crippen molar-refractivity contribution in [3.63, 3.8) is 0 Å². The van der Waals surface area contributed by atoms with Gasteiger partial charge < -0.3 is 15.5 Å². The molecule has 1 atom stereocenters. The molecule has 2 aromatic rings. The molecule has 3 heteroatoms. The van der Waals surface area contributed by atoms with Crippen LogP contribution in [0.5, 0.6) is 5.75 Å². The van der Waals surface area contributed by atoms with Crippen LogP contribution in [0, 0.1) is 12.3 Å². The molecule has 1 unspecified atom stereocenters. The van der Waals surface area contributed by atoms with Crippen LogP contribution in [0.4, 0.5) is 0 Å². The SMILES string of the molecule is Cc1cccc(CNCC2(C(O)c3ccccc3)CC2)c1O. The van der Waals surface area contributed by atoms with Crippen LogP contribution >= 0.6 is 0 Å². The van der Waals surface area contributed by atoms with Crippen LogP contribution in [0.25, 0.3) is 0 Å². The second-order valence-corrected chi connectivity index (χ2v) is 6.36. The van der Waals surface area contributed by atoms with Gasteiger partial charge in [0.05, 0.1) is 6.10 Å². The van der Waals surface area contributed by atoms with Crippen molar-refractivity contribution >= 4 is 0 Å². The van der Waals surface area contributed by atoms with Crippen LogP contribution in [-0.2, 0) is 6.54 Å². The maximum absolute atomic E-state index is 10.6. The Morgan fingerprint density at radius 1 is 1.09 bits per heavy atom. The van der Waals surface area contributed by atoms with Crippen molar-refractivity contribution in [3.8, 4) is 5.75 Å². The number of aliphatic hydroxyl groups is 1. The Morgan fingerprint density at radius 3 is 2.50 bits per heavy atom. The zero-order valence-corrected chi connectivity index (χ0v) is 12.9. The summed E-state index contributed by atoms with van der Waals surface area (Å²) in [5.41, 5.74) is 2.73. The zero-order valence-electron chi connectivity index (χ0n) is 12.9. The van der Waals surface area contributed by atoms with Crippen LogP contribution in [-0.4, -0.2) is 16.8 Å². The molecule has 0 aromatic heterocycles. The van der Waals surface area contributed by atoms with Crippen LogP contribution in [0.15, 0.2) is 48.5 Å². The van der Waals surface area contributed by atoms with E-state index in [0.29, 0.717) is 12.3 Å². The van der Waals surface area contributed by atoms with E-state index in [1.54, 1.807) is 0 Å². The van der Waals surface area contributed by atoms with Gasteiger partial charge in [0.1, 0.15) is 5.75 Å². The van der Waals surface area contributed by atoms with Gasteiger partial charge in [-0.15, -0.1) is 0 Å². The number of para-hydroxylation sites is 1. The Hall–Kier alpha value is -1.84. The first-order valence-electron chi connectivity index (χ1n) is 7.84. The Kier molecular flexibility index (Phi) is 4.19. The van der Waals surface area contributed by atoms with Gasteiger partial charge in [0.15, 0.2) is 0 Å². The van der Waals surface area contributed by atoms with Crippen molar-refractivity contribution < 1.29 is 10.2 Å². The molecule has 0 heterocycles. The minimum Gasteiger partial charge on any atom is -0.507 e. The number of nitrogens with one attached hydrogen (secondary N) is 1. The average Bonchev–Trinajstić information content (AvgIpc) is 3.33. The summed E-state index contributed by atoms with van der Waals surface area (Å²) in [5.74, 6) is 0.364. The molecule has 0 aliphatic heterocycles. The number of benzene rings is 2. The van der Waals surface area contributed by atoms with Crippen molar-refractivity contribution in [3.05, 3.63) is 65.2 Å². The fourth-order valence-corrected chi connectivity index (χ4v) is 3.00. The lowest BCUT2D eigenvalue weighted by molar-refractivity contribution is 0.0917. The zero-order chi connectivity index (χ0) is 15.6. The van der Waals surface area contributed by atoms with Gasteiger partial charge in [0.25, 0.3) is 0 Å². The molecule has 1 aliphatic carbocycles. The molecule has 0 saturated heterocycles. The van der Waals surface area contributed by atoms with Crippen molar-refractivity contribution in [2.45, 2.75) is 32.4 Å². The number of rotatable bonds is 6. The number of hydrogen-bond donors (Lipinski definition) is 3. The quantitative estimate of drug-likeness (QED) is 0.767. The molecule has 1 saturated carbocycles. The van der Waals surface area contributed by atoms with E-state index in [2.05, 4.69) is 5.32 Å². The number of phenolic OH excluding ortho intramolecular Hbond substituents is 1. The fraction of sp³-hybridized carbons (Fsp3) is 0.368. The topological polar surface area (TPSA) is 52.5 Å². The second kappa shape index (κ2) is 6.11. The predicted octanol–water partition coefficient (Wildman–Crippen LogP) is 3.30. The average molecular weight is 297 g/mol. The third-order valence-corrected chi connectivity index (χ3v) is 4.70. The molecule has 3 nitrogen and oxygen atoms in total. The minimum atomic E-state index is -0.424. The highest BCUT2D eigenvalue weighted by Gasteiger charge is 2.48. The normalized spacial score (nSPS) is 17.2. The van der Waals surface area contributed by atoms with Gasteiger partial charge in [0, 0.05) is 24.1 Å². The molecule has 3 rings (SSSR count). The molecule has 0 amide bonds. The standard InChI is InChI=1S/C19H23NO2/c1-14-6-5-9-16(17(14)21)12-20-13-19(10-11-19)18(22)15-7-3-2-4-8-15/h2-9,18,20-22H,10-13H2,1H3. The van der Waals surface area contributed by atoms with Crippen molar-refractivity contribution in [2.24, 2.45) is 5.41 Å². The summed E-state index contributed by atoms with van der Waals surface area (Å²) in [6.07, 6.45) is 1.65. The second-order valence-electron chi connectivity index (χ2n) is 6.36. The van der Waals surface area contributed by atoms with Gasteiger partial charge in [-0.3, -0.25) is 0 Å². The van der Waals surface area contributed by atoms with Gasteiger partial charge in [-0.1, -0.05) is 48.5 Å². The molecule has 116 valence electrons. The molecule has 1 fully saturated rings. The monoisotopic (exact) mass is 297 g/mol. The van der Waals surface area contributed by atoms with E-state index in [0.717, 1.165) is 36.1 Å². The number of aromatic hydroxyl groups is 1. The molecule has 1 aliphatic rings. The molecule has 0 bridgehead atoms. The third-order valence-electron chi connectivity index (χ3n) is 4.70. The number of aryl methyl sites for hydroxylation is 1. The first-order valence-corrected chi connectivity index (χ1v) is 7.84. The Labute approximate surface area is 131 Å². The van der Waals surface area contributed by atoms with Crippen LogP contribution in [0.1, 0.15) is 35.6 Å². The lowest BCUT2D eigenvalue weighted by atomic mass is 9.92. The molecule has 22 heavy (non-hydrogen) atoms. The number of aliphatic hydroxyl groups excluding tert-OH is 1. The Bertz CT molecular complexity index is 635. The molecular formula is C19H23NO2. The summed E-state index contributed by atoms with van der Waals surface area (Å²) < 4.78 is 0. The van der Waals surface area contributed by atoms with E-state index >= 15 is 0 Å². The number of hydrogen-bond acceptors (Lipinski definition) is 3. The van der Waals surface area contributed by atoms with Crippen LogP contribution < -0.4 is 5.32 Å². The third kappa shape index (κ3) is 3.01. The Balaban J connectivity index is 1.60. The van der Waals surface area contributed by atoms with Gasteiger partial charge in [-0.2, -0.15) is 0 Å². The van der Waals surface area contributed by atoms with Crippen LogP contribution in [0.2, 0.25) is 0 Å². The first-order chi connectivity index (χ1) is 10.6. The maximum atomic E-state index is 10.6. The minimum absolute atomic E-state index is 0.0548. The van der Waals surface area contributed by atoms with Gasteiger partial charge in [-0.25, -0.2) is 0 Å². The van der Waals surface area contributed by atoms with E-state index in [-0.39, 0.29) is 5.41 Å². The fourth-order valence-electron chi connectivity index (χ4n) is 3.00. The summed E-state index contributed by atoms with van der Waals surface area (Å²) in [5, 5.41) is 24.1. The van der Waals surface area contributed by atoms with Crippen molar-refractivity contribution in [1.29, 1.82) is 0 Å². The molecule has 3 N–H and O–H groups in total. The van der Waals surface area contributed by atoms with Crippen molar-refractivity contribution in [2.75, 3.05) is 6.54 Å². The Morgan fingerprint density at radius 2 is 1.82 bits per heavy atom. The highest BCUT2D eigenvalue weighted by atomic mass is 16.3. The molecule has 0 radical (unpaired) electrons. The van der Waals surface area contributed by atoms with E-state index < -0.39 is 6.10 Å². The van der Waals surface area contributed by atoms with Crippen LogP contribution in [0.3, 0.4) is 0 Å². The summed E-state index contributed by atoms with van der Waals surface area (Å²) in [6, 6.07) is 15.7. The number of phenols is 1. The maximum Gasteiger partial charge on any atom is 0.122 e. The highest BCUT2D eigenvalue weighted by molar-refractivity contribution is 5.39. The van der Waals surface area contributed by atoms with Crippen molar-refractivity contribution in [1.82, 2.24) is 5.32 Å². The smallest absolute Gasteiger partial charge is 0.122 e. The van der Waals surface area contributed by atoms with E-state index in [9.17, 15) is 10.2 Å². The van der Waals surface area contributed by atoms with E-state index in [1.165, 1.54) is 0 Å². The highest BCUT2D eigenvalue weighted by Crippen LogP contribution is 2.54. The van der Waals surface area contributed by atoms with Gasteiger partial charge >= 0.3 is 0 Å². The molecule has 0 spiro atoms. The largest absolute Gasteiger partial charge is 0.507 e. The summed E-state index contributed by atoms with van der Waals surface area (Å²) in [7, 11) is 0. The summed E-state index contributed by atoms with van der Waals surface area (Å²) in [4.78, 5) is 0.